The standard InChI is InChI=1S/C18H17N3O3/c1-12-20-15-10-17(24-3)16(23-2)9-14(15)18(22)21(12)19-11-13-7-5-4-6-8-13/h4-11H,1-3H3. The first-order valence-corrected chi connectivity index (χ1v) is 7.39. The number of benzene rings is 2. The van der Waals surface area contributed by atoms with Crippen LogP contribution in [-0.4, -0.2) is 30.1 Å². The maximum Gasteiger partial charge on any atom is 0.282 e. The molecule has 0 N–H and O–H groups in total. The van der Waals surface area contributed by atoms with E-state index in [1.807, 2.05) is 30.3 Å². The van der Waals surface area contributed by atoms with Crippen LogP contribution < -0.4 is 15.0 Å². The lowest BCUT2D eigenvalue weighted by atomic mass is 10.2. The molecular weight excluding hydrogens is 306 g/mol. The van der Waals surface area contributed by atoms with Crippen LogP contribution in [0.3, 0.4) is 0 Å². The van der Waals surface area contributed by atoms with E-state index >= 15 is 0 Å². The fourth-order valence-corrected chi connectivity index (χ4v) is 2.41. The number of methoxy groups -OCH3 is 2. The Hall–Kier alpha value is -3.15. The molecule has 0 saturated carbocycles. The summed E-state index contributed by atoms with van der Waals surface area (Å²) in [5.41, 5.74) is 1.18. The van der Waals surface area contributed by atoms with Crippen molar-refractivity contribution in [2.45, 2.75) is 6.92 Å². The smallest absolute Gasteiger partial charge is 0.282 e. The molecule has 0 atom stereocenters. The van der Waals surface area contributed by atoms with Crippen LogP contribution >= 0.6 is 0 Å². The van der Waals surface area contributed by atoms with E-state index < -0.39 is 0 Å². The van der Waals surface area contributed by atoms with Crippen molar-refractivity contribution in [3.05, 3.63) is 64.2 Å². The Morgan fingerprint density at radius 2 is 1.75 bits per heavy atom. The molecule has 0 bridgehead atoms. The van der Waals surface area contributed by atoms with Crippen molar-refractivity contribution in [3.8, 4) is 11.5 Å². The molecule has 6 heteroatoms. The fourth-order valence-electron chi connectivity index (χ4n) is 2.41. The number of fused-ring (bicyclic) bond motifs is 1. The average molecular weight is 323 g/mol. The first-order chi connectivity index (χ1) is 11.6. The summed E-state index contributed by atoms with van der Waals surface area (Å²) in [6, 6.07) is 12.9. The molecule has 24 heavy (non-hydrogen) atoms. The SMILES string of the molecule is COc1cc2nc(C)n(N=Cc3ccccc3)c(=O)c2cc1OC. The van der Waals surface area contributed by atoms with Gasteiger partial charge >= 0.3 is 0 Å². The molecule has 0 saturated heterocycles. The predicted molar refractivity (Wildman–Crippen MR) is 93.3 cm³/mol. The van der Waals surface area contributed by atoms with E-state index in [9.17, 15) is 4.79 Å². The number of rotatable bonds is 4. The Morgan fingerprint density at radius 3 is 2.42 bits per heavy atom. The number of aromatic nitrogens is 2. The number of hydrogen-bond donors (Lipinski definition) is 0. The quantitative estimate of drug-likeness (QED) is 0.692. The van der Waals surface area contributed by atoms with E-state index in [1.165, 1.54) is 11.8 Å². The van der Waals surface area contributed by atoms with Gasteiger partial charge in [-0.25, -0.2) is 4.98 Å². The topological polar surface area (TPSA) is 65.7 Å². The Balaban J connectivity index is 2.16. The van der Waals surface area contributed by atoms with E-state index in [2.05, 4.69) is 10.1 Å². The molecule has 6 nitrogen and oxygen atoms in total. The minimum Gasteiger partial charge on any atom is -0.493 e. The van der Waals surface area contributed by atoms with Crippen molar-refractivity contribution >= 4 is 17.1 Å². The van der Waals surface area contributed by atoms with Crippen molar-refractivity contribution in [2.75, 3.05) is 14.2 Å². The van der Waals surface area contributed by atoms with Crippen LogP contribution in [0.2, 0.25) is 0 Å². The summed E-state index contributed by atoms with van der Waals surface area (Å²) < 4.78 is 11.8. The molecule has 1 aromatic heterocycles. The normalized spacial score (nSPS) is 11.1. The van der Waals surface area contributed by atoms with Crippen LogP contribution in [0.1, 0.15) is 11.4 Å². The van der Waals surface area contributed by atoms with Crippen molar-refractivity contribution in [1.29, 1.82) is 0 Å². The average Bonchev–Trinajstić information content (AvgIpc) is 2.61. The molecule has 0 aliphatic rings. The summed E-state index contributed by atoms with van der Waals surface area (Å²) in [4.78, 5) is 17.2. The zero-order valence-electron chi connectivity index (χ0n) is 13.7. The van der Waals surface area contributed by atoms with Crippen LogP contribution in [0.4, 0.5) is 0 Å². The Kier molecular flexibility index (Phi) is 4.29. The first-order valence-electron chi connectivity index (χ1n) is 7.39. The molecule has 122 valence electrons. The second-order valence-corrected chi connectivity index (χ2v) is 5.16. The number of aryl methyl sites for hydroxylation is 1. The Morgan fingerprint density at radius 1 is 1.08 bits per heavy atom. The highest BCUT2D eigenvalue weighted by atomic mass is 16.5. The zero-order chi connectivity index (χ0) is 17.1. The molecule has 0 unspecified atom stereocenters. The van der Waals surface area contributed by atoms with Crippen molar-refractivity contribution in [1.82, 2.24) is 9.66 Å². The lowest BCUT2D eigenvalue weighted by molar-refractivity contribution is 0.355. The summed E-state index contributed by atoms with van der Waals surface area (Å²) in [7, 11) is 3.07. The van der Waals surface area contributed by atoms with Crippen LogP contribution in [0.25, 0.3) is 10.9 Å². The summed E-state index contributed by atoms with van der Waals surface area (Å²) in [6.45, 7) is 1.74. The van der Waals surface area contributed by atoms with Gasteiger partial charge in [-0.1, -0.05) is 30.3 Å². The molecule has 3 rings (SSSR count). The maximum atomic E-state index is 12.8. The summed E-state index contributed by atoms with van der Waals surface area (Å²) >= 11 is 0. The van der Waals surface area contributed by atoms with Gasteiger partial charge in [0.25, 0.3) is 5.56 Å². The highest BCUT2D eigenvalue weighted by Gasteiger charge is 2.12. The van der Waals surface area contributed by atoms with Crippen molar-refractivity contribution in [2.24, 2.45) is 5.10 Å². The van der Waals surface area contributed by atoms with Gasteiger partial charge in [0.2, 0.25) is 0 Å². The summed E-state index contributed by atoms with van der Waals surface area (Å²) in [6.07, 6.45) is 1.63. The van der Waals surface area contributed by atoms with E-state index in [-0.39, 0.29) is 5.56 Å². The number of nitrogens with zero attached hydrogens (tertiary/aromatic N) is 3. The van der Waals surface area contributed by atoms with Gasteiger partial charge < -0.3 is 9.47 Å². The number of hydrogen-bond acceptors (Lipinski definition) is 5. The van der Waals surface area contributed by atoms with Crippen molar-refractivity contribution < 1.29 is 9.47 Å². The van der Waals surface area contributed by atoms with Gasteiger partial charge in [0.05, 0.1) is 31.3 Å². The minimum atomic E-state index is -0.259. The van der Waals surface area contributed by atoms with E-state index in [0.717, 1.165) is 5.56 Å². The third-order valence-electron chi connectivity index (χ3n) is 3.64. The van der Waals surface area contributed by atoms with Gasteiger partial charge in [0, 0.05) is 6.07 Å². The largest absolute Gasteiger partial charge is 0.493 e. The van der Waals surface area contributed by atoms with Gasteiger partial charge in [-0.2, -0.15) is 9.78 Å². The van der Waals surface area contributed by atoms with Gasteiger partial charge in [-0.15, -0.1) is 0 Å². The maximum absolute atomic E-state index is 12.8. The molecule has 2 aromatic carbocycles. The van der Waals surface area contributed by atoms with Crippen LogP contribution in [0, 0.1) is 6.92 Å². The second kappa shape index (κ2) is 6.54. The van der Waals surface area contributed by atoms with Gasteiger partial charge in [0.1, 0.15) is 5.82 Å². The summed E-state index contributed by atoms with van der Waals surface area (Å²) in [5, 5.41) is 4.69. The molecule has 0 amide bonds. The van der Waals surface area contributed by atoms with Crippen molar-refractivity contribution in [3.63, 3.8) is 0 Å². The molecule has 0 radical (unpaired) electrons. The van der Waals surface area contributed by atoms with Gasteiger partial charge in [0.15, 0.2) is 11.5 Å². The van der Waals surface area contributed by atoms with Crippen LogP contribution in [-0.2, 0) is 0 Å². The molecular formula is C18H17N3O3. The number of ether oxygens (including phenoxy) is 2. The highest BCUT2D eigenvalue weighted by Crippen LogP contribution is 2.30. The zero-order valence-corrected chi connectivity index (χ0v) is 13.7. The molecule has 0 aliphatic carbocycles. The first kappa shape index (κ1) is 15.7. The lowest BCUT2D eigenvalue weighted by Crippen LogP contribution is -2.20. The van der Waals surface area contributed by atoms with Gasteiger partial charge in [-0.3, -0.25) is 4.79 Å². The van der Waals surface area contributed by atoms with E-state index in [0.29, 0.717) is 28.2 Å². The molecule has 3 aromatic rings. The third kappa shape index (κ3) is 2.86. The van der Waals surface area contributed by atoms with E-state index in [1.54, 1.807) is 32.4 Å². The molecule has 0 aliphatic heterocycles. The molecule has 0 fully saturated rings. The molecule has 0 spiro atoms. The van der Waals surface area contributed by atoms with E-state index in [4.69, 9.17) is 9.47 Å². The second-order valence-electron chi connectivity index (χ2n) is 5.16. The van der Waals surface area contributed by atoms with Gasteiger partial charge in [-0.05, 0) is 18.6 Å². The Labute approximate surface area is 139 Å². The monoisotopic (exact) mass is 323 g/mol. The Bertz CT molecular complexity index is 963. The van der Waals surface area contributed by atoms with Crippen LogP contribution in [0.5, 0.6) is 11.5 Å². The fraction of sp³-hybridized carbons (Fsp3) is 0.167. The van der Waals surface area contributed by atoms with Crippen LogP contribution in [0.15, 0.2) is 52.4 Å². The lowest BCUT2D eigenvalue weighted by Gasteiger charge is -2.10. The summed E-state index contributed by atoms with van der Waals surface area (Å²) in [5.74, 6) is 1.50. The minimum absolute atomic E-state index is 0.259. The highest BCUT2D eigenvalue weighted by molar-refractivity contribution is 5.82. The predicted octanol–water partition coefficient (Wildman–Crippen LogP) is 2.60. The molecule has 1 heterocycles. The third-order valence-corrected chi connectivity index (χ3v) is 3.64.